The van der Waals surface area contributed by atoms with E-state index in [0.29, 0.717) is 44.1 Å². The molecule has 1 fully saturated rings. The second-order valence-corrected chi connectivity index (χ2v) is 7.67. The fourth-order valence-electron chi connectivity index (χ4n) is 3.69. The van der Waals surface area contributed by atoms with Gasteiger partial charge in [-0.2, -0.15) is 0 Å². The highest BCUT2D eigenvalue weighted by atomic mass is 16.5. The number of imidazole rings is 1. The SMILES string of the molecule is CC(=O)N1CCCN(C(=O)c2ccc(OCc3cn4cc(C)ccc4n3)cc2)CC1. The molecule has 0 spiro atoms. The molecule has 0 radical (unpaired) electrons. The van der Waals surface area contributed by atoms with E-state index >= 15 is 0 Å². The summed E-state index contributed by atoms with van der Waals surface area (Å²) in [6.45, 7) is 6.49. The van der Waals surface area contributed by atoms with Crippen LogP contribution in [-0.4, -0.2) is 57.2 Å². The molecule has 0 N–H and O–H groups in total. The summed E-state index contributed by atoms with van der Waals surface area (Å²) in [6, 6.07) is 11.2. The van der Waals surface area contributed by atoms with Crippen molar-refractivity contribution in [2.24, 2.45) is 0 Å². The van der Waals surface area contributed by atoms with E-state index in [9.17, 15) is 9.59 Å². The lowest BCUT2D eigenvalue weighted by molar-refractivity contribution is -0.128. The molecule has 1 aliphatic rings. The van der Waals surface area contributed by atoms with Crippen molar-refractivity contribution in [3.8, 4) is 5.75 Å². The van der Waals surface area contributed by atoms with Gasteiger partial charge in [-0.05, 0) is 49.2 Å². The minimum Gasteiger partial charge on any atom is -0.487 e. The van der Waals surface area contributed by atoms with Crippen molar-refractivity contribution >= 4 is 17.5 Å². The molecule has 2 amide bonds. The standard InChI is InChI=1S/C23H26N4O3/c1-17-4-9-22-24-20(15-27(22)14-17)16-30-21-7-5-19(6-8-21)23(29)26-11-3-10-25(12-13-26)18(2)28/h4-9,14-15H,3,10-13,16H2,1-2H3. The molecule has 0 aliphatic carbocycles. The van der Waals surface area contributed by atoms with Crippen LogP contribution < -0.4 is 4.74 Å². The first-order valence-corrected chi connectivity index (χ1v) is 10.2. The van der Waals surface area contributed by atoms with E-state index in [0.717, 1.165) is 17.8 Å². The topological polar surface area (TPSA) is 67.2 Å². The Morgan fingerprint density at radius 2 is 1.70 bits per heavy atom. The molecule has 156 valence electrons. The number of hydrogen-bond donors (Lipinski definition) is 0. The monoisotopic (exact) mass is 406 g/mol. The molecule has 0 bridgehead atoms. The minimum atomic E-state index is -0.0114. The lowest BCUT2D eigenvalue weighted by Gasteiger charge is -2.21. The second kappa shape index (κ2) is 8.57. The first-order chi connectivity index (χ1) is 14.5. The van der Waals surface area contributed by atoms with Crippen LogP contribution in [0.15, 0.2) is 48.8 Å². The molecule has 4 rings (SSSR count). The zero-order chi connectivity index (χ0) is 21.1. The summed E-state index contributed by atoms with van der Waals surface area (Å²) in [7, 11) is 0. The van der Waals surface area contributed by atoms with Crippen LogP contribution in [0.25, 0.3) is 5.65 Å². The number of amides is 2. The van der Waals surface area contributed by atoms with Crippen LogP contribution >= 0.6 is 0 Å². The van der Waals surface area contributed by atoms with Gasteiger partial charge in [-0.15, -0.1) is 0 Å². The highest BCUT2D eigenvalue weighted by Crippen LogP contribution is 2.17. The van der Waals surface area contributed by atoms with Gasteiger partial charge in [-0.3, -0.25) is 9.59 Å². The highest BCUT2D eigenvalue weighted by Gasteiger charge is 2.21. The van der Waals surface area contributed by atoms with Crippen molar-refractivity contribution in [2.75, 3.05) is 26.2 Å². The first-order valence-electron chi connectivity index (χ1n) is 10.2. The Morgan fingerprint density at radius 1 is 0.967 bits per heavy atom. The molecule has 1 saturated heterocycles. The molecule has 1 aromatic carbocycles. The number of pyridine rings is 1. The van der Waals surface area contributed by atoms with E-state index < -0.39 is 0 Å². The third-order valence-electron chi connectivity index (χ3n) is 5.37. The number of carbonyl (C=O) groups excluding carboxylic acids is 2. The summed E-state index contributed by atoms with van der Waals surface area (Å²) in [5.41, 5.74) is 3.54. The predicted octanol–water partition coefficient (Wildman–Crippen LogP) is 2.92. The number of rotatable bonds is 4. The van der Waals surface area contributed by atoms with Gasteiger partial charge < -0.3 is 18.9 Å². The molecule has 30 heavy (non-hydrogen) atoms. The molecule has 3 heterocycles. The van der Waals surface area contributed by atoms with Gasteiger partial charge in [0.1, 0.15) is 18.0 Å². The van der Waals surface area contributed by atoms with Crippen LogP contribution in [0.3, 0.4) is 0 Å². The summed E-state index contributed by atoms with van der Waals surface area (Å²) in [6.07, 6.45) is 4.79. The average Bonchev–Trinajstić information content (AvgIpc) is 2.97. The van der Waals surface area contributed by atoms with Crippen LogP contribution in [-0.2, 0) is 11.4 Å². The molecule has 3 aromatic rings. The van der Waals surface area contributed by atoms with E-state index in [1.54, 1.807) is 24.0 Å². The normalized spacial score (nSPS) is 14.6. The zero-order valence-electron chi connectivity index (χ0n) is 17.4. The number of fused-ring (bicyclic) bond motifs is 1. The zero-order valence-corrected chi connectivity index (χ0v) is 17.4. The van der Waals surface area contributed by atoms with Gasteiger partial charge in [-0.1, -0.05) is 6.07 Å². The Labute approximate surface area is 175 Å². The van der Waals surface area contributed by atoms with Gasteiger partial charge in [-0.25, -0.2) is 4.98 Å². The average molecular weight is 406 g/mol. The summed E-state index contributed by atoms with van der Waals surface area (Å²) in [5, 5.41) is 0. The molecule has 7 heteroatoms. The number of carbonyl (C=O) groups is 2. The fourth-order valence-corrected chi connectivity index (χ4v) is 3.69. The Bertz CT molecular complexity index is 1060. The Morgan fingerprint density at radius 3 is 2.47 bits per heavy atom. The van der Waals surface area contributed by atoms with E-state index in [-0.39, 0.29) is 11.8 Å². The van der Waals surface area contributed by atoms with E-state index in [2.05, 4.69) is 4.98 Å². The van der Waals surface area contributed by atoms with E-state index in [1.165, 1.54) is 5.56 Å². The first kappa shape index (κ1) is 19.9. The van der Waals surface area contributed by atoms with Gasteiger partial charge in [0.05, 0.1) is 5.69 Å². The second-order valence-electron chi connectivity index (χ2n) is 7.67. The summed E-state index contributed by atoms with van der Waals surface area (Å²) < 4.78 is 7.84. The van der Waals surface area contributed by atoms with Gasteiger partial charge >= 0.3 is 0 Å². The van der Waals surface area contributed by atoms with Gasteiger partial charge in [0.25, 0.3) is 5.91 Å². The predicted molar refractivity (Wildman–Crippen MR) is 113 cm³/mol. The maximum absolute atomic E-state index is 12.8. The maximum atomic E-state index is 12.8. The highest BCUT2D eigenvalue weighted by molar-refractivity contribution is 5.94. The van der Waals surface area contributed by atoms with Gasteiger partial charge in [0.2, 0.25) is 5.91 Å². The van der Waals surface area contributed by atoms with Gasteiger partial charge in [0, 0.05) is 51.1 Å². The number of aryl methyl sites for hydroxylation is 1. The number of aromatic nitrogens is 2. The quantitative estimate of drug-likeness (QED) is 0.668. The van der Waals surface area contributed by atoms with Crippen molar-refractivity contribution in [1.82, 2.24) is 19.2 Å². The van der Waals surface area contributed by atoms with Crippen molar-refractivity contribution in [3.63, 3.8) is 0 Å². The molecule has 0 atom stereocenters. The van der Waals surface area contributed by atoms with Crippen LogP contribution in [0, 0.1) is 6.92 Å². The van der Waals surface area contributed by atoms with E-state index in [1.807, 2.05) is 52.9 Å². The van der Waals surface area contributed by atoms with Crippen molar-refractivity contribution in [3.05, 3.63) is 65.6 Å². The molecular formula is C23H26N4O3. The van der Waals surface area contributed by atoms with Crippen molar-refractivity contribution < 1.29 is 14.3 Å². The maximum Gasteiger partial charge on any atom is 0.253 e. The number of hydrogen-bond acceptors (Lipinski definition) is 4. The number of ether oxygens (including phenoxy) is 1. The number of benzene rings is 1. The van der Waals surface area contributed by atoms with E-state index in [4.69, 9.17) is 4.74 Å². The molecule has 7 nitrogen and oxygen atoms in total. The minimum absolute atomic E-state index is 0.0114. The van der Waals surface area contributed by atoms with Crippen molar-refractivity contribution in [1.29, 1.82) is 0 Å². The molecule has 2 aromatic heterocycles. The summed E-state index contributed by atoms with van der Waals surface area (Å²) in [4.78, 5) is 32.5. The molecular weight excluding hydrogens is 380 g/mol. The largest absolute Gasteiger partial charge is 0.487 e. The number of nitrogens with zero attached hydrogens (tertiary/aromatic N) is 4. The lowest BCUT2D eigenvalue weighted by Crippen LogP contribution is -2.36. The van der Waals surface area contributed by atoms with Crippen LogP contribution in [0.1, 0.15) is 35.0 Å². The third-order valence-corrected chi connectivity index (χ3v) is 5.37. The molecule has 1 aliphatic heterocycles. The third kappa shape index (κ3) is 4.45. The summed E-state index contributed by atoms with van der Waals surface area (Å²) >= 11 is 0. The molecule has 0 unspecified atom stereocenters. The Hall–Kier alpha value is -3.35. The van der Waals surface area contributed by atoms with Crippen LogP contribution in [0.4, 0.5) is 0 Å². The lowest BCUT2D eigenvalue weighted by atomic mass is 10.2. The van der Waals surface area contributed by atoms with Crippen LogP contribution in [0.5, 0.6) is 5.75 Å². The molecule has 0 saturated carbocycles. The van der Waals surface area contributed by atoms with Crippen LogP contribution in [0.2, 0.25) is 0 Å². The van der Waals surface area contributed by atoms with Gasteiger partial charge in [0.15, 0.2) is 0 Å². The van der Waals surface area contributed by atoms with Crippen molar-refractivity contribution in [2.45, 2.75) is 26.9 Å². The Kier molecular flexibility index (Phi) is 5.70. The fraction of sp³-hybridized carbons (Fsp3) is 0.348. The smallest absolute Gasteiger partial charge is 0.253 e. The summed E-state index contributed by atoms with van der Waals surface area (Å²) in [5.74, 6) is 0.743. The Balaban J connectivity index is 1.36.